The predicted octanol–water partition coefficient (Wildman–Crippen LogP) is 3.05. The molecule has 0 bridgehead atoms. The molecule has 5 atom stereocenters. The minimum Gasteiger partial charge on any atom is -0.393 e. The number of hydrogen-bond acceptors (Lipinski definition) is 2. The molecule has 2 aliphatic carbocycles. The van der Waals surface area contributed by atoms with Crippen LogP contribution < -0.4 is 0 Å². The van der Waals surface area contributed by atoms with E-state index in [9.17, 15) is 5.11 Å². The Morgan fingerprint density at radius 3 is 2.78 bits per heavy atom. The van der Waals surface area contributed by atoms with Gasteiger partial charge in [0.05, 0.1) is 6.10 Å². The first-order chi connectivity index (χ1) is 8.74. The molecule has 2 saturated carbocycles. The van der Waals surface area contributed by atoms with Crippen LogP contribution in [0.3, 0.4) is 0 Å². The third-order valence-electron chi connectivity index (χ3n) is 5.80. The molecule has 1 saturated heterocycles. The normalized spacial score (nSPS) is 46.0. The molecule has 1 heterocycles. The molecule has 18 heavy (non-hydrogen) atoms. The van der Waals surface area contributed by atoms with Gasteiger partial charge in [0.1, 0.15) is 0 Å². The summed E-state index contributed by atoms with van der Waals surface area (Å²) in [6, 6.07) is 0.864. The fraction of sp³-hybridized carbons (Fsp3) is 1.00. The van der Waals surface area contributed by atoms with Crippen LogP contribution in [0.5, 0.6) is 0 Å². The van der Waals surface area contributed by atoms with E-state index in [1.807, 2.05) is 0 Å². The van der Waals surface area contributed by atoms with Crippen molar-refractivity contribution in [2.45, 2.75) is 70.4 Å². The molecule has 1 aliphatic heterocycles. The van der Waals surface area contributed by atoms with Crippen LogP contribution in [0, 0.1) is 17.8 Å². The molecule has 0 aromatic heterocycles. The number of rotatable bonds is 2. The molecular formula is C16H29NO. The maximum atomic E-state index is 10.2. The molecule has 0 aromatic carbocycles. The second kappa shape index (κ2) is 5.50. The molecule has 2 heteroatoms. The molecule has 1 N–H and O–H groups in total. The third kappa shape index (κ3) is 2.60. The second-order valence-electron chi connectivity index (χ2n) is 7.14. The maximum absolute atomic E-state index is 10.2. The molecule has 5 unspecified atom stereocenters. The number of likely N-dealkylation sites (tertiary alicyclic amines) is 1. The van der Waals surface area contributed by atoms with E-state index >= 15 is 0 Å². The van der Waals surface area contributed by atoms with Crippen LogP contribution in [-0.4, -0.2) is 35.2 Å². The summed E-state index contributed by atoms with van der Waals surface area (Å²) in [5, 5.41) is 10.2. The Morgan fingerprint density at radius 2 is 1.89 bits per heavy atom. The van der Waals surface area contributed by atoms with Crippen molar-refractivity contribution >= 4 is 0 Å². The molecular weight excluding hydrogens is 222 g/mol. The summed E-state index contributed by atoms with van der Waals surface area (Å²) in [4.78, 5) is 2.73. The molecule has 0 amide bonds. The van der Waals surface area contributed by atoms with Crippen molar-refractivity contribution in [2.75, 3.05) is 13.1 Å². The van der Waals surface area contributed by atoms with Gasteiger partial charge in [-0.15, -0.1) is 0 Å². The Labute approximate surface area is 112 Å². The summed E-state index contributed by atoms with van der Waals surface area (Å²) >= 11 is 0. The minimum atomic E-state index is -0.0242. The first-order valence-corrected chi connectivity index (χ1v) is 8.16. The Balaban J connectivity index is 1.58. The zero-order valence-corrected chi connectivity index (χ0v) is 11.9. The summed E-state index contributed by atoms with van der Waals surface area (Å²) in [6.07, 6.45) is 10.7. The quantitative estimate of drug-likeness (QED) is 0.815. The van der Waals surface area contributed by atoms with Crippen LogP contribution in [0.4, 0.5) is 0 Å². The summed E-state index contributed by atoms with van der Waals surface area (Å²) in [5.74, 6) is 2.36. The van der Waals surface area contributed by atoms with E-state index in [1.165, 1.54) is 58.0 Å². The van der Waals surface area contributed by atoms with Crippen molar-refractivity contribution in [1.29, 1.82) is 0 Å². The van der Waals surface area contributed by atoms with Crippen molar-refractivity contribution in [1.82, 2.24) is 4.90 Å². The molecule has 3 fully saturated rings. The van der Waals surface area contributed by atoms with Gasteiger partial charge >= 0.3 is 0 Å². The maximum Gasteiger partial charge on any atom is 0.0580 e. The van der Waals surface area contributed by atoms with Crippen molar-refractivity contribution in [2.24, 2.45) is 17.8 Å². The van der Waals surface area contributed by atoms with Crippen molar-refractivity contribution in [3.63, 3.8) is 0 Å². The van der Waals surface area contributed by atoms with Crippen LogP contribution >= 0.6 is 0 Å². The monoisotopic (exact) mass is 251 g/mol. The number of fused-ring (bicyclic) bond motifs is 1. The Kier molecular flexibility index (Phi) is 3.95. The highest BCUT2D eigenvalue weighted by atomic mass is 16.3. The first-order valence-electron chi connectivity index (χ1n) is 8.16. The molecule has 0 spiro atoms. The number of aliphatic hydroxyl groups is 1. The van der Waals surface area contributed by atoms with Crippen LogP contribution in [-0.2, 0) is 0 Å². The van der Waals surface area contributed by atoms with Crippen molar-refractivity contribution in [3.8, 4) is 0 Å². The highest BCUT2D eigenvalue weighted by Crippen LogP contribution is 2.38. The van der Waals surface area contributed by atoms with Crippen LogP contribution in [0.25, 0.3) is 0 Å². The van der Waals surface area contributed by atoms with Gasteiger partial charge in [0.15, 0.2) is 0 Å². The Bertz CT molecular complexity index is 280. The highest BCUT2D eigenvalue weighted by molar-refractivity contribution is 4.92. The zero-order chi connectivity index (χ0) is 12.5. The molecule has 0 aromatic rings. The topological polar surface area (TPSA) is 23.5 Å². The second-order valence-corrected chi connectivity index (χ2v) is 7.14. The van der Waals surface area contributed by atoms with Gasteiger partial charge in [-0.3, -0.25) is 4.90 Å². The van der Waals surface area contributed by atoms with Gasteiger partial charge in [0.25, 0.3) is 0 Å². The van der Waals surface area contributed by atoms with Gasteiger partial charge in [-0.05, 0) is 62.8 Å². The standard InChI is InChI=1S/C16H29NO/c1-12-6-7-16(18)14(10-12)11-17-9-8-13-4-2-3-5-15(13)17/h12-16,18H,2-11H2,1H3. The van der Waals surface area contributed by atoms with Gasteiger partial charge in [0.2, 0.25) is 0 Å². The van der Waals surface area contributed by atoms with Gasteiger partial charge in [-0.2, -0.15) is 0 Å². The van der Waals surface area contributed by atoms with Crippen molar-refractivity contribution < 1.29 is 5.11 Å². The van der Waals surface area contributed by atoms with E-state index in [0.717, 1.165) is 24.3 Å². The van der Waals surface area contributed by atoms with E-state index < -0.39 is 0 Å². The smallest absolute Gasteiger partial charge is 0.0580 e. The van der Waals surface area contributed by atoms with E-state index in [0.29, 0.717) is 5.92 Å². The lowest BCUT2D eigenvalue weighted by atomic mass is 9.79. The van der Waals surface area contributed by atoms with E-state index in [-0.39, 0.29) is 6.10 Å². The lowest BCUT2D eigenvalue weighted by Crippen LogP contribution is -2.42. The fourth-order valence-corrected chi connectivity index (χ4v) is 4.71. The van der Waals surface area contributed by atoms with Gasteiger partial charge < -0.3 is 5.11 Å². The van der Waals surface area contributed by atoms with E-state index in [2.05, 4.69) is 11.8 Å². The van der Waals surface area contributed by atoms with Gasteiger partial charge in [-0.1, -0.05) is 19.8 Å². The van der Waals surface area contributed by atoms with Gasteiger partial charge in [0, 0.05) is 12.6 Å². The van der Waals surface area contributed by atoms with Crippen LogP contribution in [0.2, 0.25) is 0 Å². The van der Waals surface area contributed by atoms with Crippen LogP contribution in [0.15, 0.2) is 0 Å². The summed E-state index contributed by atoms with van der Waals surface area (Å²) in [7, 11) is 0. The van der Waals surface area contributed by atoms with Crippen LogP contribution in [0.1, 0.15) is 58.3 Å². The lowest BCUT2D eigenvalue weighted by molar-refractivity contribution is 0.0236. The zero-order valence-electron chi connectivity index (χ0n) is 11.9. The lowest BCUT2D eigenvalue weighted by Gasteiger charge is -2.38. The van der Waals surface area contributed by atoms with Gasteiger partial charge in [-0.25, -0.2) is 0 Å². The average molecular weight is 251 g/mol. The third-order valence-corrected chi connectivity index (χ3v) is 5.80. The summed E-state index contributed by atoms with van der Waals surface area (Å²) in [6.45, 7) is 4.83. The number of aliphatic hydroxyl groups excluding tert-OH is 1. The predicted molar refractivity (Wildman–Crippen MR) is 74.4 cm³/mol. The van der Waals surface area contributed by atoms with E-state index in [1.54, 1.807) is 0 Å². The summed E-state index contributed by atoms with van der Waals surface area (Å²) < 4.78 is 0. The largest absolute Gasteiger partial charge is 0.393 e. The minimum absolute atomic E-state index is 0.0242. The average Bonchev–Trinajstić information content (AvgIpc) is 2.78. The molecule has 3 rings (SSSR count). The first kappa shape index (κ1) is 12.9. The SMILES string of the molecule is CC1CCC(O)C(CN2CCC3CCCCC32)C1. The molecule has 2 nitrogen and oxygen atoms in total. The molecule has 3 aliphatic rings. The number of nitrogens with zero attached hydrogens (tertiary/aromatic N) is 1. The molecule has 104 valence electrons. The Morgan fingerprint density at radius 1 is 1.06 bits per heavy atom. The van der Waals surface area contributed by atoms with Crippen molar-refractivity contribution in [3.05, 3.63) is 0 Å². The number of hydrogen-bond donors (Lipinski definition) is 1. The fourth-order valence-electron chi connectivity index (χ4n) is 4.71. The van der Waals surface area contributed by atoms with E-state index in [4.69, 9.17) is 0 Å². The highest BCUT2D eigenvalue weighted by Gasteiger charge is 2.38. The summed E-state index contributed by atoms with van der Waals surface area (Å²) in [5.41, 5.74) is 0. The molecule has 0 radical (unpaired) electrons. The Hall–Kier alpha value is -0.0800.